The summed E-state index contributed by atoms with van der Waals surface area (Å²) in [5, 5.41) is 0. The van der Waals surface area contributed by atoms with Crippen molar-refractivity contribution in [3.8, 4) is 0 Å². The topological polar surface area (TPSA) is 43.1 Å². The monoisotopic (exact) mass is 233 g/mol. The van der Waals surface area contributed by atoms with Gasteiger partial charge in [0.2, 0.25) is 0 Å². The van der Waals surface area contributed by atoms with Gasteiger partial charge in [-0.1, -0.05) is 44.5 Å². The van der Waals surface area contributed by atoms with E-state index in [9.17, 15) is 4.79 Å². The number of benzene rings is 1. The van der Waals surface area contributed by atoms with E-state index in [0.29, 0.717) is 31.1 Å². The molecule has 1 atom stereocenters. The van der Waals surface area contributed by atoms with Crippen LogP contribution in [0, 0.1) is 5.92 Å². The highest BCUT2D eigenvalue weighted by Gasteiger charge is 2.10. The van der Waals surface area contributed by atoms with Gasteiger partial charge in [0.15, 0.2) is 0 Å². The van der Waals surface area contributed by atoms with Crippen LogP contribution in [0.15, 0.2) is 24.3 Å². The molecular weight excluding hydrogens is 210 g/mol. The summed E-state index contributed by atoms with van der Waals surface area (Å²) >= 11 is 0. The zero-order chi connectivity index (χ0) is 12.7. The number of nitrogens with two attached hydrogens (primary N) is 1. The zero-order valence-corrected chi connectivity index (χ0v) is 10.9. The first kappa shape index (κ1) is 13.9. The van der Waals surface area contributed by atoms with Gasteiger partial charge in [-0.05, 0) is 30.0 Å². The molecule has 1 unspecified atom stereocenters. The predicted octanol–water partition coefficient (Wildman–Crippen LogP) is 2.74. The van der Waals surface area contributed by atoms with Crippen LogP contribution in [-0.2, 0) is 17.6 Å². The van der Waals surface area contributed by atoms with Crippen molar-refractivity contribution in [2.45, 2.75) is 39.5 Å². The Morgan fingerprint density at radius 2 is 1.76 bits per heavy atom. The van der Waals surface area contributed by atoms with E-state index in [1.807, 2.05) is 0 Å². The van der Waals surface area contributed by atoms with Gasteiger partial charge in [-0.25, -0.2) is 0 Å². The fourth-order valence-corrected chi connectivity index (χ4v) is 1.91. The van der Waals surface area contributed by atoms with E-state index in [4.69, 9.17) is 5.73 Å². The Bertz CT molecular complexity index is 338. The molecule has 0 spiro atoms. The summed E-state index contributed by atoms with van der Waals surface area (Å²) in [5.74, 6) is 0.643. The van der Waals surface area contributed by atoms with Gasteiger partial charge in [0.25, 0.3) is 0 Å². The van der Waals surface area contributed by atoms with Crippen molar-refractivity contribution in [3.05, 3.63) is 35.4 Å². The SMILES string of the molecule is CCc1ccc(CC(=O)CC(CC)CN)cc1. The van der Waals surface area contributed by atoms with Gasteiger partial charge < -0.3 is 5.73 Å². The molecule has 1 aromatic rings. The van der Waals surface area contributed by atoms with Gasteiger partial charge in [-0.2, -0.15) is 0 Å². The minimum Gasteiger partial charge on any atom is -0.330 e. The third-order valence-corrected chi connectivity index (χ3v) is 3.26. The Balaban J connectivity index is 2.49. The quantitative estimate of drug-likeness (QED) is 0.787. The van der Waals surface area contributed by atoms with Crippen molar-refractivity contribution in [1.82, 2.24) is 0 Å². The Labute approximate surface area is 104 Å². The van der Waals surface area contributed by atoms with Crippen molar-refractivity contribution >= 4 is 5.78 Å². The molecule has 0 aliphatic heterocycles. The molecule has 0 radical (unpaired) electrons. The van der Waals surface area contributed by atoms with Gasteiger partial charge in [0, 0.05) is 12.8 Å². The van der Waals surface area contributed by atoms with Crippen LogP contribution in [-0.4, -0.2) is 12.3 Å². The van der Waals surface area contributed by atoms with Crippen molar-refractivity contribution in [2.75, 3.05) is 6.54 Å². The second-order valence-electron chi connectivity index (χ2n) is 4.60. The molecule has 0 aliphatic carbocycles. The number of ketones is 1. The first-order valence-electron chi connectivity index (χ1n) is 6.49. The molecule has 17 heavy (non-hydrogen) atoms. The van der Waals surface area contributed by atoms with E-state index in [1.165, 1.54) is 5.56 Å². The average Bonchev–Trinajstić information content (AvgIpc) is 2.37. The summed E-state index contributed by atoms with van der Waals surface area (Å²) < 4.78 is 0. The molecule has 0 fully saturated rings. The Hall–Kier alpha value is -1.15. The van der Waals surface area contributed by atoms with Crippen LogP contribution in [0.1, 0.15) is 37.8 Å². The van der Waals surface area contributed by atoms with E-state index in [1.54, 1.807) is 0 Å². The first-order valence-corrected chi connectivity index (χ1v) is 6.49. The molecule has 0 bridgehead atoms. The zero-order valence-electron chi connectivity index (χ0n) is 10.9. The van der Waals surface area contributed by atoms with Gasteiger partial charge >= 0.3 is 0 Å². The van der Waals surface area contributed by atoms with Gasteiger partial charge in [0.1, 0.15) is 5.78 Å². The van der Waals surface area contributed by atoms with E-state index in [2.05, 4.69) is 38.1 Å². The van der Waals surface area contributed by atoms with Crippen LogP contribution >= 0.6 is 0 Å². The molecule has 0 saturated heterocycles. The van der Waals surface area contributed by atoms with E-state index >= 15 is 0 Å². The molecule has 0 amide bonds. The lowest BCUT2D eigenvalue weighted by Crippen LogP contribution is -2.18. The number of rotatable bonds is 7. The predicted molar refractivity (Wildman–Crippen MR) is 72.0 cm³/mol. The second-order valence-corrected chi connectivity index (χ2v) is 4.60. The third kappa shape index (κ3) is 4.70. The summed E-state index contributed by atoms with van der Waals surface area (Å²) in [6.45, 7) is 4.82. The molecule has 1 rings (SSSR count). The van der Waals surface area contributed by atoms with Crippen molar-refractivity contribution in [3.63, 3.8) is 0 Å². The molecule has 2 nitrogen and oxygen atoms in total. The average molecular weight is 233 g/mol. The summed E-state index contributed by atoms with van der Waals surface area (Å²) in [5.41, 5.74) is 8.04. The Kier molecular flexibility index (Phi) is 5.92. The van der Waals surface area contributed by atoms with Crippen LogP contribution in [0.2, 0.25) is 0 Å². The number of carbonyl (C=O) groups excluding carboxylic acids is 1. The van der Waals surface area contributed by atoms with E-state index in [-0.39, 0.29) is 0 Å². The number of aryl methyl sites for hydroxylation is 1. The molecule has 94 valence electrons. The summed E-state index contributed by atoms with van der Waals surface area (Å²) in [6, 6.07) is 8.31. The molecule has 1 aromatic carbocycles. The van der Waals surface area contributed by atoms with Crippen LogP contribution < -0.4 is 5.73 Å². The highest BCUT2D eigenvalue weighted by molar-refractivity contribution is 5.81. The Morgan fingerprint density at radius 3 is 2.24 bits per heavy atom. The van der Waals surface area contributed by atoms with Crippen molar-refractivity contribution in [1.29, 1.82) is 0 Å². The summed E-state index contributed by atoms with van der Waals surface area (Å²) in [6.07, 6.45) is 3.18. The fraction of sp³-hybridized carbons (Fsp3) is 0.533. The minimum absolute atomic E-state index is 0.298. The van der Waals surface area contributed by atoms with Crippen molar-refractivity contribution < 1.29 is 4.79 Å². The maximum Gasteiger partial charge on any atom is 0.137 e. The maximum atomic E-state index is 11.8. The summed E-state index contributed by atoms with van der Waals surface area (Å²) in [7, 11) is 0. The standard InChI is InChI=1S/C15H23NO/c1-3-12-5-7-14(8-6-12)10-15(17)9-13(4-2)11-16/h5-8,13H,3-4,9-11,16H2,1-2H3. The highest BCUT2D eigenvalue weighted by atomic mass is 16.1. The normalized spacial score (nSPS) is 12.4. The number of hydrogen-bond donors (Lipinski definition) is 1. The molecule has 0 aromatic heterocycles. The second kappa shape index (κ2) is 7.23. The molecular formula is C15H23NO. The highest BCUT2D eigenvalue weighted by Crippen LogP contribution is 2.11. The molecule has 0 aliphatic rings. The van der Waals surface area contributed by atoms with Crippen LogP contribution in [0.5, 0.6) is 0 Å². The van der Waals surface area contributed by atoms with Gasteiger partial charge in [-0.15, -0.1) is 0 Å². The van der Waals surface area contributed by atoms with E-state index < -0.39 is 0 Å². The van der Waals surface area contributed by atoms with Crippen LogP contribution in [0.4, 0.5) is 0 Å². The molecule has 0 heterocycles. The largest absolute Gasteiger partial charge is 0.330 e. The van der Waals surface area contributed by atoms with E-state index in [0.717, 1.165) is 18.4 Å². The molecule has 2 heteroatoms. The number of hydrogen-bond acceptors (Lipinski definition) is 2. The fourth-order valence-electron chi connectivity index (χ4n) is 1.91. The van der Waals surface area contributed by atoms with Crippen LogP contribution in [0.25, 0.3) is 0 Å². The Morgan fingerprint density at radius 1 is 1.18 bits per heavy atom. The van der Waals surface area contributed by atoms with Crippen molar-refractivity contribution in [2.24, 2.45) is 11.7 Å². The lowest BCUT2D eigenvalue weighted by atomic mass is 9.96. The molecule has 0 saturated carbocycles. The van der Waals surface area contributed by atoms with Crippen LogP contribution in [0.3, 0.4) is 0 Å². The minimum atomic E-state index is 0.298. The number of Topliss-reactive ketones (excluding diaryl/α,β-unsaturated/α-hetero) is 1. The molecule has 2 N–H and O–H groups in total. The first-order chi connectivity index (χ1) is 8.19. The maximum absolute atomic E-state index is 11.8. The lowest BCUT2D eigenvalue weighted by Gasteiger charge is -2.10. The lowest BCUT2D eigenvalue weighted by molar-refractivity contribution is -0.119. The van der Waals surface area contributed by atoms with Gasteiger partial charge in [-0.3, -0.25) is 4.79 Å². The van der Waals surface area contributed by atoms with Gasteiger partial charge in [0.05, 0.1) is 0 Å². The summed E-state index contributed by atoms with van der Waals surface area (Å²) in [4.78, 5) is 11.8. The third-order valence-electron chi connectivity index (χ3n) is 3.26. The number of carbonyl (C=O) groups is 1. The smallest absolute Gasteiger partial charge is 0.137 e.